The molecule has 0 aliphatic carbocycles. The Kier molecular flexibility index (Phi) is 6.51. The van der Waals surface area contributed by atoms with Gasteiger partial charge in [0.25, 0.3) is 5.91 Å². The van der Waals surface area contributed by atoms with E-state index >= 15 is 0 Å². The summed E-state index contributed by atoms with van der Waals surface area (Å²) in [5, 5.41) is 7.13. The summed E-state index contributed by atoms with van der Waals surface area (Å²) in [6.07, 6.45) is 3.64. The van der Waals surface area contributed by atoms with Crippen molar-refractivity contribution in [3.8, 4) is 22.6 Å². The highest BCUT2D eigenvalue weighted by Gasteiger charge is 2.14. The molecule has 0 atom stereocenters. The van der Waals surface area contributed by atoms with Gasteiger partial charge >= 0.3 is 0 Å². The first-order chi connectivity index (χ1) is 15.6. The van der Waals surface area contributed by atoms with E-state index in [0.29, 0.717) is 24.4 Å². The lowest BCUT2D eigenvalue weighted by atomic mass is 9.97. The lowest BCUT2D eigenvalue weighted by Crippen LogP contribution is -2.13. The van der Waals surface area contributed by atoms with Gasteiger partial charge in [0.1, 0.15) is 18.1 Å². The minimum atomic E-state index is -0.164. The van der Waals surface area contributed by atoms with Crippen molar-refractivity contribution in [2.75, 3.05) is 19.0 Å². The van der Waals surface area contributed by atoms with Gasteiger partial charge in [0, 0.05) is 23.6 Å². The summed E-state index contributed by atoms with van der Waals surface area (Å²) in [6.45, 7) is 3.20. The van der Waals surface area contributed by atoms with Gasteiger partial charge in [-0.05, 0) is 66.6 Å². The molecule has 0 aliphatic heterocycles. The molecule has 0 bridgehead atoms. The van der Waals surface area contributed by atoms with Crippen LogP contribution in [0.4, 0.5) is 5.69 Å². The highest BCUT2D eigenvalue weighted by molar-refractivity contribution is 6.08. The van der Waals surface area contributed by atoms with Gasteiger partial charge < -0.3 is 14.8 Å². The maximum atomic E-state index is 13.1. The maximum Gasteiger partial charge on any atom is 0.256 e. The number of anilines is 1. The number of carbonyl (C=O) groups excluding carboxylic acids is 1. The average Bonchev–Trinajstić information content (AvgIpc) is 3.34. The van der Waals surface area contributed by atoms with Gasteiger partial charge in [-0.3, -0.25) is 9.48 Å². The third-order valence-electron chi connectivity index (χ3n) is 5.08. The van der Waals surface area contributed by atoms with Crippen molar-refractivity contribution in [2.45, 2.75) is 13.5 Å². The number of methoxy groups -OCH3 is 1. The smallest absolute Gasteiger partial charge is 0.256 e. The molecule has 32 heavy (non-hydrogen) atoms. The molecule has 1 amide bonds. The zero-order valence-corrected chi connectivity index (χ0v) is 18.1. The number of benzene rings is 3. The number of amides is 1. The molecule has 0 saturated carbocycles. The summed E-state index contributed by atoms with van der Waals surface area (Å²) in [4.78, 5) is 13.1. The number of carbonyl (C=O) groups is 1. The van der Waals surface area contributed by atoms with E-state index in [9.17, 15) is 4.79 Å². The molecular weight excluding hydrogens is 402 g/mol. The molecular formula is C26H25N3O3. The number of hydrogen-bond donors (Lipinski definition) is 1. The van der Waals surface area contributed by atoms with Crippen LogP contribution in [0.1, 0.15) is 15.9 Å². The standard InChI is InChI=1S/C26H25N3O3/c1-19-4-13-24(25(18-19)20-5-9-22(31-2)10-6-20)26(30)28-21-7-11-23(12-8-21)32-17-16-29-15-3-14-27-29/h3-15,18H,16-17H2,1-2H3,(H,28,30). The van der Waals surface area contributed by atoms with Crippen LogP contribution >= 0.6 is 0 Å². The number of aryl methyl sites for hydroxylation is 1. The zero-order valence-electron chi connectivity index (χ0n) is 18.1. The summed E-state index contributed by atoms with van der Waals surface area (Å²) in [5.41, 5.74) is 4.24. The van der Waals surface area contributed by atoms with Crippen molar-refractivity contribution in [3.05, 3.63) is 96.3 Å². The Hall–Kier alpha value is -4.06. The molecule has 0 fully saturated rings. The number of aromatic nitrogens is 2. The van der Waals surface area contributed by atoms with Gasteiger partial charge in [-0.1, -0.05) is 29.8 Å². The molecule has 0 radical (unpaired) electrons. The first-order valence-corrected chi connectivity index (χ1v) is 10.4. The highest BCUT2D eigenvalue weighted by Crippen LogP contribution is 2.28. The molecule has 3 aromatic carbocycles. The van der Waals surface area contributed by atoms with Crippen molar-refractivity contribution in [1.82, 2.24) is 9.78 Å². The summed E-state index contributed by atoms with van der Waals surface area (Å²) in [6, 6.07) is 22.8. The lowest BCUT2D eigenvalue weighted by molar-refractivity contribution is 0.102. The predicted molar refractivity (Wildman–Crippen MR) is 125 cm³/mol. The Labute approximate surface area is 187 Å². The number of rotatable bonds is 8. The average molecular weight is 428 g/mol. The van der Waals surface area contributed by atoms with E-state index in [-0.39, 0.29) is 5.91 Å². The molecule has 162 valence electrons. The lowest BCUT2D eigenvalue weighted by Gasteiger charge is -2.13. The Balaban J connectivity index is 1.44. The van der Waals surface area contributed by atoms with E-state index < -0.39 is 0 Å². The third kappa shape index (κ3) is 5.16. The first kappa shape index (κ1) is 21.2. The molecule has 1 aromatic heterocycles. The largest absolute Gasteiger partial charge is 0.497 e. The van der Waals surface area contributed by atoms with Crippen LogP contribution in [0, 0.1) is 6.92 Å². The molecule has 0 unspecified atom stereocenters. The highest BCUT2D eigenvalue weighted by atomic mass is 16.5. The summed E-state index contributed by atoms with van der Waals surface area (Å²) < 4.78 is 12.8. The van der Waals surface area contributed by atoms with Crippen LogP contribution < -0.4 is 14.8 Å². The fraction of sp³-hybridized carbons (Fsp3) is 0.154. The van der Waals surface area contributed by atoms with Gasteiger partial charge in [0.15, 0.2) is 0 Å². The number of nitrogens with one attached hydrogen (secondary N) is 1. The summed E-state index contributed by atoms with van der Waals surface area (Å²) in [7, 11) is 1.64. The molecule has 1 N–H and O–H groups in total. The Bertz CT molecular complexity index is 1170. The first-order valence-electron chi connectivity index (χ1n) is 10.4. The Morgan fingerprint density at radius 2 is 1.75 bits per heavy atom. The molecule has 4 aromatic rings. The Morgan fingerprint density at radius 3 is 2.44 bits per heavy atom. The molecule has 4 rings (SSSR count). The van der Waals surface area contributed by atoms with E-state index in [0.717, 1.165) is 28.2 Å². The molecule has 6 nitrogen and oxygen atoms in total. The summed E-state index contributed by atoms with van der Waals surface area (Å²) in [5.74, 6) is 1.35. The van der Waals surface area contributed by atoms with Gasteiger partial charge in [-0.15, -0.1) is 0 Å². The monoisotopic (exact) mass is 427 g/mol. The molecule has 0 spiro atoms. The van der Waals surface area contributed by atoms with E-state index in [4.69, 9.17) is 9.47 Å². The zero-order chi connectivity index (χ0) is 22.3. The normalized spacial score (nSPS) is 10.6. The fourth-order valence-electron chi connectivity index (χ4n) is 3.39. The van der Waals surface area contributed by atoms with Crippen LogP contribution in [0.25, 0.3) is 11.1 Å². The van der Waals surface area contributed by atoms with E-state index in [1.807, 2.05) is 90.6 Å². The minimum absolute atomic E-state index is 0.164. The van der Waals surface area contributed by atoms with E-state index in [2.05, 4.69) is 10.4 Å². The maximum absolute atomic E-state index is 13.1. The van der Waals surface area contributed by atoms with Crippen molar-refractivity contribution < 1.29 is 14.3 Å². The Morgan fingerprint density at radius 1 is 1.00 bits per heavy atom. The number of hydrogen-bond acceptors (Lipinski definition) is 4. The van der Waals surface area contributed by atoms with Crippen molar-refractivity contribution >= 4 is 11.6 Å². The van der Waals surface area contributed by atoms with Crippen LogP contribution in [-0.2, 0) is 6.54 Å². The number of ether oxygens (including phenoxy) is 2. The van der Waals surface area contributed by atoms with Gasteiger partial charge in [0.05, 0.1) is 13.7 Å². The third-order valence-corrected chi connectivity index (χ3v) is 5.08. The van der Waals surface area contributed by atoms with Crippen molar-refractivity contribution in [1.29, 1.82) is 0 Å². The number of nitrogens with zero attached hydrogens (tertiary/aromatic N) is 2. The molecule has 0 saturated heterocycles. The SMILES string of the molecule is COc1ccc(-c2cc(C)ccc2C(=O)Nc2ccc(OCCn3cccn3)cc2)cc1. The van der Waals surface area contributed by atoms with Gasteiger partial charge in [-0.25, -0.2) is 0 Å². The summed E-state index contributed by atoms with van der Waals surface area (Å²) >= 11 is 0. The van der Waals surface area contributed by atoms with Crippen LogP contribution in [0.3, 0.4) is 0 Å². The topological polar surface area (TPSA) is 65.4 Å². The second-order valence-electron chi connectivity index (χ2n) is 7.37. The van der Waals surface area contributed by atoms with Crippen LogP contribution in [-0.4, -0.2) is 29.4 Å². The van der Waals surface area contributed by atoms with Crippen LogP contribution in [0.2, 0.25) is 0 Å². The van der Waals surface area contributed by atoms with Gasteiger partial charge in [-0.2, -0.15) is 5.10 Å². The fourth-order valence-corrected chi connectivity index (χ4v) is 3.39. The molecule has 6 heteroatoms. The predicted octanol–water partition coefficient (Wildman–Crippen LogP) is 5.20. The van der Waals surface area contributed by atoms with Crippen molar-refractivity contribution in [3.63, 3.8) is 0 Å². The van der Waals surface area contributed by atoms with Crippen molar-refractivity contribution in [2.24, 2.45) is 0 Å². The van der Waals surface area contributed by atoms with Crippen LogP contribution in [0.5, 0.6) is 11.5 Å². The van der Waals surface area contributed by atoms with Crippen LogP contribution in [0.15, 0.2) is 85.2 Å². The second kappa shape index (κ2) is 9.83. The van der Waals surface area contributed by atoms with E-state index in [1.54, 1.807) is 13.3 Å². The quantitative estimate of drug-likeness (QED) is 0.420. The van der Waals surface area contributed by atoms with E-state index in [1.165, 1.54) is 0 Å². The molecule has 0 aliphatic rings. The molecule has 1 heterocycles. The minimum Gasteiger partial charge on any atom is -0.497 e. The van der Waals surface area contributed by atoms with Gasteiger partial charge in [0.2, 0.25) is 0 Å². The second-order valence-corrected chi connectivity index (χ2v) is 7.37.